The fourth-order valence-electron chi connectivity index (χ4n) is 3.65. The van der Waals surface area contributed by atoms with E-state index in [4.69, 9.17) is 4.98 Å². The number of carbonyl (C=O) groups excluding carboxylic acids is 2. The van der Waals surface area contributed by atoms with Crippen molar-refractivity contribution in [3.8, 4) is 0 Å². The molecule has 154 valence electrons. The summed E-state index contributed by atoms with van der Waals surface area (Å²) in [6.45, 7) is 1.05. The molecular formula is C21H19N3O5S. The third kappa shape index (κ3) is 3.88. The minimum Gasteiger partial charge on any atom is -0.465 e. The molecule has 1 aromatic heterocycles. The van der Waals surface area contributed by atoms with Gasteiger partial charge in [-0.1, -0.05) is 12.1 Å². The first-order valence-corrected chi connectivity index (χ1v) is 10.3. The Kier molecular flexibility index (Phi) is 5.45. The topological polar surface area (TPSA) is 103 Å². The van der Waals surface area contributed by atoms with Gasteiger partial charge in [0.2, 0.25) is 0 Å². The Hall–Kier alpha value is -3.33. The smallest absolute Gasteiger partial charge is 0.338 e. The summed E-state index contributed by atoms with van der Waals surface area (Å²) in [4.78, 5) is 41.8. The first-order chi connectivity index (χ1) is 14.5. The van der Waals surface area contributed by atoms with Gasteiger partial charge in [-0.3, -0.25) is 14.9 Å². The average Bonchev–Trinajstić information content (AvgIpc) is 3.22. The number of aromatic nitrogens is 1. The molecule has 0 N–H and O–H groups in total. The Morgan fingerprint density at radius 3 is 2.53 bits per heavy atom. The summed E-state index contributed by atoms with van der Waals surface area (Å²) in [6, 6.07) is 11.7. The van der Waals surface area contributed by atoms with Crippen molar-refractivity contribution in [2.45, 2.75) is 18.8 Å². The second-order valence-corrected chi connectivity index (χ2v) is 8.17. The molecule has 1 amide bonds. The van der Waals surface area contributed by atoms with E-state index in [9.17, 15) is 19.7 Å². The maximum Gasteiger partial charge on any atom is 0.338 e. The van der Waals surface area contributed by atoms with Crippen molar-refractivity contribution in [3.63, 3.8) is 0 Å². The van der Waals surface area contributed by atoms with Gasteiger partial charge in [0.05, 0.1) is 32.8 Å². The number of hydrogen-bond donors (Lipinski definition) is 0. The third-order valence-corrected chi connectivity index (χ3v) is 6.44. The molecule has 1 aliphatic heterocycles. The van der Waals surface area contributed by atoms with Gasteiger partial charge in [-0.15, -0.1) is 11.3 Å². The molecule has 0 spiro atoms. The van der Waals surface area contributed by atoms with Crippen molar-refractivity contribution < 1.29 is 19.2 Å². The Bertz CT molecular complexity index is 1100. The minimum absolute atomic E-state index is 0.0144. The summed E-state index contributed by atoms with van der Waals surface area (Å²) in [6.07, 6.45) is 1.54. The Morgan fingerprint density at radius 1 is 1.17 bits per heavy atom. The summed E-state index contributed by atoms with van der Waals surface area (Å²) in [5.41, 5.74) is 0.774. The quantitative estimate of drug-likeness (QED) is 0.355. The summed E-state index contributed by atoms with van der Waals surface area (Å²) in [5, 5.41) is 12.3. The molecule has 30 heavy (non-hydrogen) atoms. The lowest BCUT2D eigenvalue weighted by Gasteiger charge is -2.31. The molecule has 0 radical (unpaired) electrons. The number of amides is 1. The first-order valence-electron chi connectivity index (χ1n) is 9.49. The van der Waals surface area contributed by atoms with E-state index in [1.54, 1.807) is 16.2 Å². The van der Waals surface area contributed by atoms with E-state index in [1.165, 1.54) is 19.2 Å². The monoisotopic (exact) mass is 425 g/mol. The maximum absolute atomic E-state index is 13.0. The molecular weight excluding hydrogens is 406 g/mol. The second-order valence-electron chi connectivity index (χ2n) is 7.10. The van der Waals surface area contributed by atoms with Gasteiger partial charge in [-0.25, -0.2) is 9.78 Å². The van der Waals surface area contributed by atoms with Crippen molar-refractivity contribution in [2.75, 3.05) is 20.2 Å². The lowest BCUT2D eigenvalue weighted by Crippen LogP contribution is -2.38. The molecule has 3 aromatic rings. The van der Waals surface area contributed by atoms with E-state index in [1.807, 2.05) is 18.2 Å². The van der Waals surface area contributed by atoms with Crippen LogP contribution in [0, 0.1) is 10.1 Å². The maximum atomic E-state index is 13.0. The third-order valence-electron chi connectivity index (χ3n) is 5.24. The number of ether oxygens (including phenoxy) is 1. The SMILES string of the molecule is COC(=O)c1cc(C(=O)N2CCC(c3nc4ccccc4s3)CC2)cc([N+](=O)[O-])c1. The number of para-hydroxylation sites is 1. The van der Waals surface area contributed by atoms with E-state index in [2.05, 4.69) is 10.8 Å². The van der Waals surface area contributed by atoms with Crippen molar-refractivity contribution >= 4 is 39.1 Å². The summed E-state index contributed by atoms with van der Waals surface area (Å²) < 4.78 is 5.80. The second kappa shape index (κ2) is 8.19. The molecule has 8 nitrogen and oxygen atoms in total. The molecule has 1 saturated heterocycles. The van der Waals surface area contributed by atoms with Crippen LogP contribution in [-0.2, 0) is 4.74 Å². The molecule has 0 aliphatic carbocycles. The van der Waals surface area contributed by atoms with Gasteiger partial charge in [0.15, 0.2) is 0 Å². The highest BCUT2D eigenvalue weighted by molar-refractivity contribution is 7.18. The van der Waals surface area contributed by atoms with Crippen LogP contribution in [-0.4, -0.2) is 46.9 Å². The molecule has 1 aliphatic rings. The Balaban J connectivity index is 1.50. The van der Waals surface area contributed by atoms with Crippen LogP contribution in [0.2, 0.25) is 0 Å². The number of nitrogens with zero attached hydrogens (tertiary/aromatic N) is 3. The van der Waals surface area contributed by atoms with E-state index in [0.29, 0.717) is 13.1 Å². The number of nitro groups is 1. The molecule has 0 atom stereocenters. The number of methoxy groups -OCH3 is 1. The van der Waals surface area contributed by atoms with Gasteiger partial charge < -0.3 is 9.64 Å². The zero-order valence-corrected chi connectivity index (χ0v) is 17.1. The number of likely N-dealkylation sites (tertiary alicyclic amines) is 1. The number of nitro benzene ring substituents is 1. The number of esters is 1. The molecule has 0 bridgehead atoms. The predicted octanol–water partition coefficient (Wildman–Crippen LogP) is 4.01. The minimum atomic E-state index is -0.720. The van der Waals surface area contributed by atoms with Crippen LogP contribution < -0.4 is 0 Å². The van der Waals surface area contributed by atoms with Crippen LogP contribution >= 0.6 is 11.3 Å². The largest absolute Gasteiger partial charge is 0.465 e. The van der Waals surface area contributed by atoms with Crippen LogP contribution in [0.25, 0.3) is 10.2 Å². The lowest BCUT2D eigenvalue weighted by molar-refractivity contribution is -0.384. The highest BCUT2D eigenvalue weighted by Gasteiger charge is 2.28. The van der Waals surface area contributed by atoms with Crippen molar-refractivity contribution in [1.82, 2.24) is 9.88 Å². The van der Waals surface area contributed by atoms with Crippen LogP contribution in [0.3, 0.4) is 0 Å². The molecule has 2 aromatic carbocycles. The first kappa shape index (κ1) is 20.0. The average molecular weight is 425 g/mol. The van der Waals surface area contributed by atoms with Crippen LogP contribution in [0.5, 0.6) is 0 Å². The van der Waals surface area contributed by atoms with Crippen LogP contribution in [0.1, 0.15) is 44.5 Å². The van der Waals surface area contributed by atoms with Gasteiger partial charge in [0.1, 0.15) is 0 Å². The molecule has 4 rings (SSSR count). The number of hydrogen-bond acceptors (Lipinski definition) is 7. The lowest BCUT2D eigenvalue weighted by atomic mass is 9.96. The molecule has 0 saturated carbocycles. The standard InChI is InChI=1S/C21H19N3O5S/c1-29-21(26)15-10-14(11-16(12-15)24(27)28)20(25)23-8-6-13(7-9-23)19-22-17-4-2-3-5-18(17)30-19/h2-5,10-13H,6-9H2,1H3. The van der Waals surface area contributed by atoms with E-state index < -0.39 is 10.9 Å². The van der Waals surface area contributed by atoms with Crippen molar-refractivity contribution in [3.05, 3.63) is 68.7 Å². The zero-order valence-electron chi connectivity index (χ0n) is 16.2. The molecule has 0 unspecified atom stereocenters. The molecule has 9 heteroatoms. The summed E-state index contributed by atoms with van der Waals surface area (Å²) >= 11 is 1.68. The van der Waals surface area contributed by atoms with Crippen molar-refractivity contribution in [1.29, 1.82) is 0 Å². The van der Waals surface area contributed by atoms with E-state index >= 15 is 0 Å². The van der Waals surface area contributed by atoms with Crippen LogP contribution in [0.4, 0.5) is 5.69 Å². The van der Waals surface area contributed by atoms with Gasteiger partial charge in [-0.05, 0) is 31.0 Å². The predicted molar refractivity (Wildman–Crippen MR) is 112 cm³/mol. The summed E-state index contributed by atoms with van der Waals surface area (Å²) in [7, 11) is 1.19. The zero-order chi connectivity index (χ0) is 21.3. The number of piperidine rings is 1. The Morgan fingerprint density at radius 2 is 1.87 bits per heavy atom. The van der Waals surface area contributed by atoms with Crippen molar-refractivity contribution in [2.24, 2.45) is 0 Å². The number of rotatable bonds is 4. The van der Waals surface area contributed by atoms with E-state index in [0.717, 1.165) is 34.1 Å². The van der Waals surface area contributed by atoms with Gasteiger partial charge in [0, 0.05) is 36.7 Å². The normalized spacial score (nSPS) is 14.6. The van der Waals surface area contributed by atoms with Gasteiger partial charge in [-0.2, -0.15) is 0 Å². The number of thiazole rings is 1. The van der Waals surface area contributed by atoms with Gasteiger partial charge >= 0.3 is 5.97 Å². The number of benzene rings is 2. The molecule has 2 heterocycles. The highest BCUT2D eigenvalue weighted by Crippen LogP contribution is 2.34. The number of carbonyl (C=O) groups is 2. The van der Waals surface area contributed by atoms with E-state index in [-0.39, 0.29) is 28.6 Å². The number of non-ortho nitro benzene ring substituents is 1. The fourth-order valence-corrected chi connectivity index (χ4v) is 4.79. The summed E-state index contributed by atoms with van der Waals surface area (Å²) in [5.74, 6) is -0.768. The molecule has 1 fully saturated rings. The van der Waals surface area contributed by atoms with Crippen LogP contribution in [0.15, 0.2) is 42.5 Å². The highest BCUT2D eigenvalue weighted by atomic mass is 32.1. The Labute approximate surface area is 176 Å². The van der Waals surface area contributed by atoms with Gasteiger partial charge in [0.25, 0.3) is 11.6 Å². The fraction of sp³-hybridized carbons (Fsp3) is 0.286. The number of fused-ring (bicyclic) bond motifs is 1.